The van der Waals surface area contributed by atoms with Crippen molar-refractivity contribution in [2.45, 2.75) is 45.7 Å². The van der Waals surface area contributed by atoms with Crippen LogP contribution in [-0.4, -0.2) is 54.7 Å². The standard InChI is InChI=1S/C20H33N5O.HI/c1-4-11-25-12-9-18(10-13-25)24-20(21-6-3)23-16-17-7-8-19(22-15-17)26-14-5-2;/h4,7-8,15,18H,1,5-6,9-14,16H2,2-3H3,(H2,21,23,24);1H. The summed E-state index contributed by atoms with van der Waals surface area (Å²) in [5.74, 6) is 1.55. The maximum Gasteiger partial charge on any atom is 0.213 e. The van der Waals surface area contributed by atoms with E-state index in [0.29, 0.717) is 25.1 Å². The number of hydrogen-bond acceptors (Lipinski definition) is 4. The lowest BCUT2D eigenvalue weighted by molar-refractivity contribution is 0.225. The first-order chi connectivity index (χ1) is 12.7. The zero-order valence-corrected chi connectivity index (χ0v) is 18.9. The number of pyridine rings is 1. The van der Waals surface area contributed by atoms with E-state index >= 15 is 0 Å². The second-order valence-electron chi connectivity index (χ2n) is 6.56. The molecule has 0 atom stereocenters. The number of nitrogens with zero attached hydrogens (tertiary/aromatic N) is 3. The zero-order valence-electron chi connectivity index (χ0n) is 16.6. The summed E-state index contributed by atoms with van der Waals surface area (Å²) in [5, 5.41) is 6.91. The molecule has 0 radical (unpaired) electrons. The molecule has 0 bridgehead atoms. The van der Waals surface area contributed by atoms with Crippen molar-refractivity contribution >= 4 is 29.9 Å². The third kappa shape index (κ3) is 8.92. The van der Waals surface area contributed by atoms with Crippen LogP contribution < -0.4 is 15.4 Å². The number of aliphatic imine (C=N–C) groups is 1. The van der Waals surface area contributed by atoms with E-state index in [0.717, 1.165) is 57.0 Å². The predicted molar refractivity (Wildman–Crippen MR) is 123 cm³/mol. The highest BCUT2D eigenvalue weighted by molar-refractivity contribution is 14.0. The number of rotatable bonds is 9. The minimum atomic E-state index is 0. The third-order valence-electron chi connectivity index (χ3n) is 4.33. The van der Waals surface area contributed by atoms with Crippen molar-refractivity contribution in [3.05, 3.63) is 36.5 Å². The van der Waals surface area contributed by atoms with Crippen LogP contribution in [0.5, 0.6) is 5.88 Å². The highest BCUT2D eigenvalue weighted by Crippen LogP contribution is 2.11. The molecule has 1 aromatic heterocycles. The van der Waals surface area contributed by atoms with Gasteiger partial charge in [-0.15, -0.1) is 30.6 Å². The average Bonchev–Trinajstić information content (AvgIpc) is 2.67. The first-order valence-corrected chi connectivity index (χ1v) is 9.71. The Morgan fingerprint density at radius 1 is 1.37 bits per heavy atom. The van der Waals surface area contributed by atoms with Crippen LogP contribution in [0.15, 0.2) is 36.0 Å². The highest BCUT2D eigenvalue weighted by Gasteiger charge is 2.18. The van der Waals surface area contributed by atoms with Crippen LogP contribution in [0.2, 0.25) is 0 Å². The number of hydrogen-bond donors (Lipinski definition) is 2. The molecule has 2 rings (SSSR count). The Morgan fingerprint density at radius 2 is 2.15 bits per heavy atom. The van der Waals surface area contributed by atoms with E-state index < -0.39 is 0 Å². The monoisotopic (exact) mass is 487 g/mol. The van der Waals surface area contributed by atoms with Crippen molar-refractivity contribution in [1.82, 2.24) is 20.5 Å². The van der Waals surface area contributed by atoms with Crippen molar-refractivity contribution in [3.8, 4) is 5.88 Å². The summed E-state index contributed by atoms with van der Waals surface area (Å²) in [7, 11) is 0. The van der Waals surface area contributed by atoms with Gasteiger partial charge < -0.3 is 15.4 Å². The van der Waals surface area contributed by atoms with Crippen LogP contribution >= 0.6 is 24.0 Å². The van der Waals surface area contributed by atoms with Gasteiger partial charge in [0.25, 0.3) is 0 Å². The van der Waals surface area contributed by atoms with Gasteiger partial charge in [-0.05, 0) is 31.7 Å². The van der Waals surface area contributed by atoms with Gasteiger partial charge in [0.05, 0.1) is 13.2 Å². The molecular weight excluding hydrogens is 453 g/mol. The van der Waals surface area contributed by atoms with Crippen molar-refractivity contribution < 1.29 is 4.74 Å². The van der Waals surface area contributed by atoms with E-state index in [4.69, 9.17) is 9.73 Å². The minimum Gasteiger partial charge on any atom is -0.478 e. The lowest BCUT2D eigenvalue weighted by atomic mass is 10.1. The Balaban J connectivity index is 0.00000364. The fourth-order valence-corrected chi connectivity index (χ4v) is 2.92. The normalized spacial score (nSPS) is 15.7. The molecule has 7 heteroatoms. The number of guanidine groups is 1. The van der Waals surface area contributed by atoms with Crippen molar-refractivity contribution in [2.75, 3.05) is 32.8 Å². The average molecular weight is 487 g/mol. The number of ether oxygens (including phenoxy) is 1. The molecule has 1 saturated heterocycles. The van der Waals surface area contributed by atoms with Gasteiger partial charge >= 0.3 is 0 Å². The Morgan fingerprint density at radius 3 is 2.74 bits per heavy atom. The first-order valence-electron chi connectivity index (χ1n) is 9.71. The Bertz CT molecular complexity index is 556. The van der Waals surface area contributed by atoms with Crippen LogP contribution in [0, 0.1) is 0 Å². The molecule has 27 heavy (non-hydrogen) atoms. The molecule has 6 nitrogen and oxygen atoms in total. The van der Waals surface area contributed by atoms with Crippen LogP contribution in [0.1, 0.15) is 38.7 Å². The Kier molecular flexibility index (Phi) is 12.1. The third-order valence-corrected chi connectivity index (χ3v) is 4.33. The van der Waals surface area contributed by atoms with Gasteiger partial charge in [-0.3, -0.25) is 4.90 Å². The largest absolute Gasteiger partial charge is 0.478 e. The molecule has 0 unspecified atom stereocenters. The Labute approximate surface area is 180 Å². The van der Waals surface area contributed by atoms with E-state index in [-0.39, 0.29) is 24.0 Å². The van der Waals surface area contributed by atoms with E-state index in [1.54, 1.807) is 0 Å². The van der Waals surface area contributed by atoms with E-state index in [9.17, 15) is 0 Å². The smallest absolute Gasteiger partial charge is 0.213 e. The lowest BCUT2D eigenvalue weighted by Crippen LogP contribution is -2.48. The quantitative estimate of drug-likeness (QED) is 0.243. The van der Waals surface area contributed by atoms with Gasteiger partial charge in [-0.1, -0.05) is 19.1 Å². The summed E-state index contributed by atoms with van der Waals surface area (Å²) in [5.41, 5.74) is 1.08. The molecule has 1 aromatic rings. The highest BCUT2D eigenvalue weighted by atomic mass is 127. The lowest BCUT2D eigenvalue weighted by Gasteiger charge is -2.32. The summed E-state index contributed by atoms with van der Waals surface area (Å²) in [4.78, 5) is 11.5. The number of likely N-dealkylation sites (tertiary alicyclic amines) is 1. The van der Waals surface area contributed by atoms with E-state index in [1.165, 1.54) is 0 Å². The second kappa shape index (κ2) is 13.8. The molecule has 1 aliphatic heterocycles. The van der Waals surface area contributed by atoms with Crippen molar-refractivity contribution in [3.63, 3.8) is 0 Å². The molecule has 0 aliphatic carbocycles. The van der Waals surface area contributed by atoms with Crippen LogP contribution in [0.25, 0.3) is 0 Å². The summed E-state index contributed by atoms with van der Waals surface area (Å²) in [6.07, 6.45) is 7.06. The zero-order chi connectivity index (χ0) is 18.6. The predicted octanol–water partition coefficient (Wildman–Crippen LogP) is 3.19. The molecule has 0 spiro atoms. The molecule has 152 valence electrons. The first kappa shape index (κ1) is 23.7. The molecule has 0 aromatic carbocycles. The molecule has 0 amide bonds. The van der Waals surface area contributed by atoms with Gasteiger partial charge in [0.15, 0.2) is 5.96 Å². The van der Waals surface area contributed by atoms with Gasteiger partial charge in [0.1, 0.15) is 0 Å². The van der Waals surface area contributed by atoms with E-state index in [2.05, 4.69) is 40.9 Å². The van der Waals surface area contributed by atoms with Gasteiger partial charge in [-0.2, -0.15) is 0 Å². The van der Waals surface area contributed by atoms with Crippen molar-refractivity contribution in [2.24, 2.45) is 4.99 Å². The summed E-state index contributed by atoms with van der Waals surface area (Å²) in [6, 6.07) is 4.41. The SMILES string of the molecule is C=CCN1CCC(NC(=NCc2ccc(OCCC)nc2)NCC)CC1.I. The molecular formula is C20H34IN5O. The van der Waals surface area contributed by atoms with Gasteiger partial charge in [-0.25, -0.2) is 9.98 Å². The molecule has 2 heterocycles. The molecule has 1 fully saturated rings. The van der Waals surface area contributed by atoms with Crippen molar-refractivity contribution in [1.29, 1.82) is 0 Å². The van der Waals surface area contributed by atoms with Crippen LogP contribution in [0.3, 0.4) is 0 Å². The van der Waals surface area contributed by atoms with Crippen LogP contribution in [0.4, 0.5) is 0 Å². The number of nitrogens with one attached hydrogen (secondary N) is 2. The number of piperidine rings is 1. The summed E-state index contributed by atoms with van der Waals surface area (Å²) in [6.45, 7) is 13.3. The molecule has 0 saturated carbocycles. The van der Waals surface area contributed by atoms with Gasteiger partial charge in [0.2, 0.25) is 5.88 Å². The fraction of sp³-hybridized carbons (Fsp3) is 0.600. The van der Waals surface area contributed by atoms with E-state index in [1.807, 2.05) is 24.4 Å². The molecule has 2 N–H and O–H groups in total. The van der Waals surface area contributed by atoms with Gasteiger partial charge in [0, 0.05) is 44.5 Å². The molecule has 1 aliphatic rings. The van der Waals surface area contributed by atoms with Crippen LogP contribution in [-0.2, 0) is 6.54 Å². The number of halogens is 1. The summed E-state index contributed by atoms with van der Waals surface area (Å²) >= 11 is 0. The Hall–Kier alpha value is -1.35. The fourth-order valence-electron chi connectivity index (χ4n) is 2.92. The maximum absolute atomic E-state index is 5.52. The topological polar surface area (TPSA) is 61.8 Å². The maximum atomic E-state index is 5.52. The minimum absolute atomic E-state index is 0. The number of aromatic nitrogens is 1. The second-order valence-corrected chi connectivity index (χ2v) is 6.56. The summed E-state index contributed by atoms with van der Waals surface area (Å²) < 4.78 is 5.52.